The summed E-state index contributed by atoms with van der Waals surface area (Å²) < 4.78 is 2.21. The average Bonchev–Trinajstić information content (AvgIpc) is 3.25. The van der Waals surface area contributed by atoms with Crippen molar-refractivity contribution in [2.45, 2.75) is 51.5 Å². The molecule has 0 bridgehead atoms. The Morgan fingerprint density at radius 3 is 2.87 bits per heavy atom. The number of carbonyl (C=O) groups excluding carboxylic acids is 1. The zero-order valence-electron chi connectivity index (χ0n) is 13.3. The van der Waals surface area contributed by atoms with Gasteiger partial charge in [-0.2, -0.15) is 0 Å². The number of hydrogen-bond acceptors (Lipinski definition) is 3. The first-order chi connectivity index (χ1) is 11.3. The van der Waals surface area contributed by atoms with E-state index in [0.29, 0.717) is 0 Å². The van der Waals surface area contributed by atoms with E-state index in [1.54, 1.807) is 0 Å². The fourth-order valence-electron chi connectivity index (χ4n) is 3.69. The smallest absolute Gasteiger partial charge is 0.227 e. The molecule has 5 nitrogen and oxygen atoms in total. The number of benzene rings is 1. The maximum atomic E-state index is 12.3. The number of aromatic nitrogens is 3. The van der Waals surface area contributed by atoms with Gasteiger partial charge in [0.25, 0.3) is 0 Å². The molecule has 1 N–H and O–H groups in total. The Kier molecular flexibility index (Phi) is 3.85. The first-order valence-electron chi connectivity index (χ1n) is 8.64. The number of hydrogen-bond donors (Lipinski definition) is 1. The lowest BCUT2D eigenvalue weighted by molar-refractivity contribution is -0.119. The number of amides is 1. The van der Waals surface area contributed by atoms with Crippen LogP contribution in [0.1, 0.15) is 44.3 Å². The molecule has 0 atom stereocenters. The van der Waals surface area contributed by atoms with Crippen LogP contribution < -0.4 is 5.32 Å². The van der Waals surface area contributed by atoms with E-state index in [2.05, 4.69) is 20.1 Å². The van der Waals surface area contributed by atoms with E-state index >= 15 is 0 Å². The lowest BCUT2D eigenvalue weighted by Crippen LogP contribution is -2.20. The highest BCUT2D eigenvalue weighted by Gasteiger charge is 2.23. The van der Waals surface area contributed by atoms with Gasteiger partial charge >= 0.3 is 0 Å². The maximum absolute atomic E-state index is 12.3. The molecule has 1 aromatic heterocycles. The van der Waals surface area contributed by atoms with Crippen LogP contribution in [0.15, 0.2) is 24.3 Å². The molecular weight excluding hydrogens is 288 g/mol. The van der Waals surface area contributed by atoms with Gasteiger partial charge in [-0.15, -0.1) is 10.2 Å². The van der Waals surface area contributed by atoms with Gasteiger partial charge in [-0.05, 0) is 37.8 Å². The minimum absolute atomic E-state index is 0.155. The summed E-state index contributed by atoms with van der Waals surface area (Å²) in [5, 5.41) is 11.7. The third-order valence-corrected chi connectivity index (χ3v) is 4.97. The van der Waals surface area contributed by atoms with E-state index in [4.69, 9.17) is 0 Å². The van der Waals surface area contributed by atoms with Crippen LogP contribution in [0.5, 0.6) is 0 Å². The van der Waals surface area contributed by atoms with Crippen molar-refractivity contribution in [2.75, 3.05) is 5.32 Å². The third-order valence-electron chi connectivity index (χ3n) is 4.97. The molecule has 1 amide bonds. The third kappa shape index (κ3) is 2.87. The summed E-state index contributed by atoms with van der Waals surface area (Å²) in [4.78, 5) is 12.3. The van der Waals surface area contributed by atoms with E-state index in [1.807, 2.05) is 24.3 Å². The molecule has 0 radical (unpaired) electrons. The highest BCUT2D eigenvalue weighted by atomic mass is 16.1. The molecule has 1 aliphatic carbocycles. The molecule has 23 heavy (non-hydrogen) atoms. The Morgan fingerprint density at radius 2 is 2.00 bits per heavy atom. The number of rotatable bonds is 3. The SMILES string of the molecule is O=C(Nc1cccc(-c2nnc3n2CCCC3)c1)C1CCCC1. The molecule has 0 unspecified atom stereocenters. The monoisotopic (exact) mass is 310 g/mol. The van der Waals surface area contributed by atoms with Gasteiger partial charge in [-0.25, -0.2) is 0 Å². The molecule has 0 saturated heterocycles. The summed E-state index contributed by atoms with van der Waals surface area (Å²) in [6, 6.07) is 7.98. The van der Waals surface area contributed by atoms with Gasteiger partial charge in [0.1, 0.15) is 5.82 Å². The van der Waals surface area contributed by atoms with Gasteiger partial charge < -0.3 is 9.88 Å². The number of nitrogens with zero attached hydrogens (tertiary/aromatic N) is 3. The van der Waals surface area contributed by atoms with Crippen molar-refractivity contribution in [3.8, 4) is 11.4 Å². The van der Waals surface area contributed by atoms with Crippen LogP contribution in [-0.2, 0) is 17.8 Å². The van der Waals surface area contributed by atoms with E-state index < -0.39 is 0 Å². The minimum Gasteiger partial charge on any atom is -0.326 e. The van der Waals surface area contributed by atoms with Crippen LogP contribution in [0.25, 0.3) is 11.4 Å². The van der Waals surface area contributed by atoms with Gasteiger partial charge in [0.15, 0.2) is 5.82 Å². The molecule has 120 valence electrons. The van der Waals surface area contributed by atoms with E-state index in [0.717, 1.165) is 48.7 Å². The zero-order valence-corrected chi connectivity index (χ0v) is 13.3. The van der Waals surface area contributed by atoms with Crippen molar-refractivity contribution < 1.29 is 4.79 Å². The Morgan fingerprint density at radius 1 is 1.13 bits per heavy atom. The van der Waals surface area contributed by atoms with E-state index in [-0.39, 0.29) is 11.8 Å². The molecular formula is C18H22N4O. The second-order valence-electron chi connectivity index (χ2n) is 6.60. The standard InChI is InChI=1S/C18H22N4O/c23-18(13-6-1-2-7-13)19-15-9-5-8-14(12-15)17-21-20-16-10-3-4-11-22(16)17/h5,8-9,12-13H,1-4,6-7,10-11H2,(H,19,23). The molecule has 0 spiro atoms. The van der Waals surface area contributed by atoms with Gasteiger partial charge in [0.2, 0.25) is 5.91 Å². The molecule has 1 aromatic carbocycles. The predicted octanol–water partition coefficient (Wildman–Crippen LogP) is 3.41. The topological polar surface area (TPSA) is 59.8 Å². The Labute approximate surface area is 136 Å². The molecule has 5 heteroatoms. The predicted molar refractivity (Wildman–Crippen MR) is 89.0 cm³/mol. The summed E-state index contributed by atoms with van der Waals surface area (Å²) in [5.74, 6) is 2.32. The molecule has 2 aromatic rings. The van der Waals surface area contributed by atoms with E-state index in [9.17, 15) is 4.79 Å². The van der Waals surface area contributed by atoms with Crippen LogP contribution in [0, 0.1) is 5.92 Å². The Hall–Kier alpha value is -2.17. The van der Waals surface area contributed by atoms with E-state index in [1.165, 1.54) is 25.7 Å². The summed E-state index contributed by atoms with van der Waals surface area (Å²) in [6.07, 6.45) is 7.75. The van der Waals surface area contributed by atoms with Gasteiger partial charge in [-0.3, -0.25) is 4.79 Å². The van der Waals surface area contributed by atoms with Crippen LogP contribution in [0.3, 0.4) is 0 Å². The fourth-order valence-corrected chi connectivity index (χ4v) is 3.69. The second kappa shape index (κ2) is 6.14. The molecule has 1 fully saturated rings. The van der Waals surface area contributed by atoms with Gasteiger partial charge in [-0.1, -0.05) is 25.0 Å². The largest absolute Gasteiger partial charge is 0.326 e. The highest BCUT2D eigenvalue weighted by Crippen LogP contribution is 2.28. The number of aryl methyl sites for hydroxylation is 1. The Balaban J connectivity index is 1.56. The first-order valence-corrected chi connectivity index (χ1v) is 8.64. The molecule has 2 aliphatic rings. The minimum atomic E-state index is 0.155. The van der Waals surface area contributed by atoms with Crippen molar-refractivity contribution in [3.63, 3.8) is 0 Å². The average molecular weight is 310 g/mol. The molecule has 1 aliphatic heterocycles. The van der Waals surface area contributed by atoms with Crippen LogP contribution in [0.4, 0.5) is 5.69 Å². The maximum Gasteiger partial charge on any atom is 0.227 e. The second-order valence-corrected chi connectivity index (χ2v) is 6.60. The summed E-state index contributed by atoms with van der Waals surface area (Å²) in [5.41, 5.74) is 1.88. The first kappa shape index (κ1) is 14.4. The van der Waals surface area contributed by atoms with Crippen molar-refractivity contribution >= 4 is 11.6 Å². The normalized spacial score (nSPS) is 17.9. The van der Waals surface area contributed by atoms with Gasteiger partial charge in [0.05, 0.1) is 0 Å². The summed E-state index contributed by atoms with van der Waals surface area (Å²) in [7, 11) is 0. The summed E-state index contributed by atoms with van der Waals surface area (Å²) >= 11 is 0. The van der Waals surface area contributed by atoms with Crippen molar-refractivity contribution in [1.82, 2.24) is 14.8 Å². The molecule has 1 saturated carbocycles. The fraction of sp³-hybridized carbons (Fsp3) is 0.500. The van der Waals surface area contributed by atoms with Crippen molar-refractivity contribution in [1.29, 1.82) is 0 Å². The lowest BCUT2D eigenvalue weighted by Gasteiger charge is -2.15. The van der Waals surface area contributed by atoms with Crippen LogP contribution >= 0.6 is 0 Å². The number of carbonyl (C=O) groups is 1. The molecule has 4 rings (SSSR count). The van der Waals surface area contributed by atoms with Crippen LogP contribution in [-0.4, -0.2) is 20.7 Å². The molecule has 2 heterocycles. The lowest BCUT2D eigenvalue weighted by atomic mass is 10.1. The van der Waals surface area contributed by atoms with Crippen molar-refractivity contribution in [3.05, 3.63) is 30.1 Å². The Bertz CT molecular complexity index is 716. The van der Waals surface area contributed by atoms with Crippen LogP contribution in [0.2, 0.25) is 0 Å². The number of nitrogens with one attached hydrogen (secondary N) is 1. The van der Waals surface area contributed by atoms with Gasteiger partial charge in [0, 0.05) is 30.1 Å². The highest BCUT2D eigenvalue weighted by molar-refractivity contribution is 5.93. The number of anilines is 1. The van der Waals surface area contributed by atoms with Crippen molar-refractivity contribution in [2.24, 2.45) is 5.92 Å². The zero-order chi connectivity index (χ0) is 15.6. The quantitative estimate of drug-likeness (QED) is 0.945. The summed E-state index contributed by atoms with van der Waals surface area (Å²) in [6.45, 7) is 0.982. The number of fused-ring (bicyclic) bond motifs is 1.